The summed E-state index contributed by atoms with van der Waals surface area (Å²) in [7, 11) is 1.67. The number of benzene rings is 1. The largest absolute Gasteiger partial charge is 0.496 e. The van der Waals surface area contributed by atoms with Crippen LogP contribution in [-0.4, -0.2) is 12.2 Å². The van der Waals surface area contributed by atoms with Gasteiger partial charge >= 0.3 is 0 Å². The molecule has 1 aromatic carbocycles. The van der Waals surface area contributed by atoms with Crippen LogP contribution in [0.2, 0.25) is 0 Å². The topological polar surface area (TPSA) is 29.5 Å². The zero-order valence-electron chi connectivity index (χ0n) is 9.17. The molecule has 0 radical (unpaired) electrons. The van der Waals surface area contributed by atoms with E-state index in [0.29, 0.717) is 0 Å². The number of fused-ring (bicyclic) bond motifs is 1. The molecule has 0 saturated heterocycles. The molecule has 0 bridgehead atoms. The van der Waals surface area contributed by atoms with Crippen LogP contribution in [0, 0.1) is 0 Å². The minimum Gasteiger partial charge on any atom is -0.496 e. The summed E-state index contributed by atoms with van der Waals surface area (Å²) in [6.45, 7) is 4.27. The van der Waals surface area contributed by atoms with Gasteiger partial charge in [0, 0.05) is 15.6 Å². The van der Waals surface area contributed by atoms with Crippen LogP contribution in [0.15, 0.2) is 16.6 Å². The van der Waals surface area contributed by atoms with E-state index in [1.165, 1.54) is 0 Å². The summed E-state index contributed by atoms with van der Waals surface area (Å²) in [6, 6.07) is 3.88. The Labute approximate surface area is 98.4 Å². The number of ether oxygens (including phenoxy) is 1. The van der Waals surface area contributed by atoms with E-state index >= 15 is 0 Å². The van der Waals surface area contributed by atoms with Gasteiger partial charge in [-0.1, -0.05) is 29.8 Å². The van der Waals surface area contributed by atoms with Crippen molar-refractivity contribution >= 4 is 15.9 Å². The van der Waals surface area contributed by atoms with E-state index in [1.54, 1.807) is 7.11 Å². The van der Waals surface area contributed by atoms with E-state index < -0.39 is 0 Å². The molecule has 82 valence electrons. The average Bonchev–Trinajstić information content (AvgIpc) is 2.39. The minimum atomic E-state index is -0.389. The standard InChI is InChI=1S/C12H15BrO2/c1-12(2)6-8(14)10-7(13)4-5-9(15-3)11(10)12/h4-5,8,14H,6H2,1-3H3. The van der Waals surface area contributed by atoms with Crippen LogP contribution in [0.4, 0.5) is 0 Å². The molecule has 0 amide bonds. The molecule has 1 N–H and O–H groups in total. The fraction of sp³-hybridized carbons (Fsp3) is 0.500. The van der Waals surface area contributed by atoms with Crippen molar-refractivity contribution in [2.45, 2.75) is 31.8 Å². The summed E-state index contributed by atoms with van der Waals surface area (Å²) in [5, 5.41) is 10.0. The van der Waals surface area contributed by atoms with Gasteiger partial charge in [-0.15, -0.1) is 0 Å². The number of hydrogen-bond acceptors (Lipinski definition) is 2. The van der Waals surface area contributed by atoms with Crippen molar-refractivity contribution < 1.29 is 9.84 Å². The van der Waals surface area contributed by atoms with Crippen molar-refractivity contribution in [3.05, 3.63) is 27.7 Å². The molecule has 2 nitrogen and oxygen atoms in total. The molecule has 1 unspecified atom stereocenters. The molecule has 2 rings (SSSR count). The fourth-order valence-corrected chi connectivity index (χ4v) is 3.05. The lowest BCUT2D eigenvalue weighted by molar-refractivity contribution is 0.161. The highest BCUT2D eigenvalue weighted by Crippen LogP contribution is 2.51. The number of aliphatic hydroxyl groups excluding tert-OH is 1. The molecule has 1 atom stereocenters. The van der Waals surface area contributed by atoms with E-state index in [0.717, 1.165) is 27.8 Å². The normalized spacial score (nSPS) is 22.6. The lowest BCUT2D eigenvalue weighted by atomic mass is 9.86. The van der Waals surface area contributed by atoms with E-state index in [2.05, 4.69) is 29.8 Å². The first-order valence-corrected chi connectivity index (χ1v) is 5.81. The summed E-state index contributed by atoms with van der Waals surface area (Å²) in [5.74, 6) is 0.870. The van der Waals surface area contributed by atoms with Gasteiger partial charge in [-0.25, -0.2) is 0 Å². The van der Waals surface area contributed by atoms with Crippen LogP contribution in [0.3, 0.4) is 0 Å². The molecule has 0 aromatic heterocycles. The highest BCUT2D eigenvalue weighted by atomic mass is 79.9. The van der Waals surface area contributed by atoms with Gasteiger partial charge in [-0.2, -0.15) is 0 Å². The predicted molar refractivity (Wildman–Crippen MR) is 63.3 cm³/mol. The molecule has 0 aliphatic heterocycles. The summed E-state index contributed by atoms with van der Waals surface area (Å²) in [5.41, 5.74) is 2.09. The fourth-order valence-electron chi connectivity index (χ4n) is 2.46. The third kappa shape index (κ3) is 1.58. The number of methoxy groups -OCH3 is 1. The van der Waals surface area contributed by atoms with Crippen LogP contribution in [-0.2, 0) is 5.41 Å². The maximum absolute atomic E-state index is 10.0. The Balaban J connectivity index is 2.71. The van der Waals surface area contributed by atoms with Gasteiger partial charge in [0.2, 0.25) is 0 Å². The monoisotopic (exact) mass is 270 g/mol. The number of aliphatic hydroxyl groups is 1. The second-order valence-corrected chi connectivity index (χ2v) is 5.50. The molecule has 1 aromatic rings. The maximum atomic E-state index is 10.0. The third-order valence-electron chi connectivity index (χ3n) is 3.09. The van der Waals surface area contributed by atoms with Crippen molar-refractivity contribution in [3.8, 4) is 5.75 Å². The highest BCUT2D eigenvalue weighted by molar-refractivity contribution is 9.10. The predicted octanol–water partition coefficient (Wildman–Crippen LogP) is 3.17. The van der Waals surface area contributed by atoms with Crippen LogP contribution in [0.1, 0.15) is 37.5 Å². The zero-order chi connectivity index (χ0) is 11.2. The van der Waals surface area contributed by atoms with Gasteiger partial charge in [0.1, 0.15) is 5.75 Å². The lowest BCUT2D eigenvalue weighted by Gasteiger charge is -2.21. The molecule has 3 heteroatoms. The molecule has 1 aliphatic carbocycles. The van der Waals surface area contributed by atoms with E-state index in [4.69, 9.17) is 4.74 Å². The van der Waals surface area contributed by atoms with E-state index in [9.17, 15) is 5.11 Å². The summed E-state index contributed by atoms with van der Waals surface area (Å²) in [6.07, 6.45) is 0.362. The minimum absolute atomic E-state index is 0.0239. The molecule has 0 heterocycles. The van der Waals surface area contributed by atoms with Crippen molar-refractivity contribution in [1.82, 2.24) is 0 Å². The Kier molecular flexibility index (Phi) is 2.55. The molecule has 0 spiro atoms. The summed E-state index contributed by atoms with van der Waals surface area (Å²) in [4.78, 5) is 0. The number of rotatable bonds is 1. The zero-order valence-corrected chi connectivity index (χ0v) is 10.8. The van der Waals surface area contributed by atoms with Gasteiger partial charge in [-0.3, -0.25) is 0 Å². The Hall–Kier alpha value is -0.540. The maximum Gasteiger partial charge on any atom is 0.123 e. The second kappa shape index (κ2) is 3.49. The summed E-state index contributed by atoms with van der Waals surface area (Å²) >= 11 is 3.49. The van der Waals surface area contributed by atoms with Crippen molar-refractivity contribution in [1.29, 1.82) is 0 Å². The van der Waals surface area contributed by atoms with Crippen molar-refractivity contribution in [2.24, 2.45) is 0 Å². The van der Waals surface area contributed by atoms with Gasteiger partial charge < -0.3 is 9.84 Å². The number of halogens is 1. The van der Waals surface area contributed by atoms with Crippen LogP contribution in [0.5, 0.6) is 5.75 Å². The molecular formula is C12H15BrO2. The first-order valence-electron chi connectivity index (χ1n) is 5.02. The Bertz CT molecular complexity index is 399. The van der Waals surface area contributed by atoms with E-state index in [1.807, 2.05) is 12.1 Å². The van der Waals surface area contributed by atoms with Gasteiger partial charge in [-0.05, 0) is 24.0 Å². The quantitative estimate of drug-likeness (QED) is 0.850. The van der Waals surface area contributed by atoms with Crippen LogP contribution in [0.25, 0.3) is 0 Å². The molecule has 15 heavy (non-hydrogen) atoms. The third-order valence-corrected chi connectivity index (χ3v) is 3.78. The molecular weight excluding hydrogens is 256 g/mol. The Morgan fingerprint density at radius 1 is 1.47 bits per heavy atom. The van der Waals surface area contributed by atoms with Crippen molar-refractivity contribution in [2.75, 3.05) is 7.11 Å². The number of hydrogen-bond donors (Lipinski definition) is 1. The summed E-state index contributed by atoms with van der Waals surface area (Å²) < 4.78 is 6.33. The Morgan fingerprint density at radius 3 is 2.73 bits per heavy atom. The van der Waals surface area contributed by atoms with Crippen LogP contribution < -0.4 is 4.74 Å². The van der Waals surface area contributed by atoms with Gasteiger partial charge in [0.25, 0.3) is 0 Å². The first kappa shape index (κ1) is 11.0. The van der Waals surface area contributed by atoms with Gasteiger partial charge in [0.05, 0.1) is 13.2 Å². The van der Waals surface area contributed by atoms with Crippen molar-refractivity contribution in [3.63, 3.8) is 0 Å². The van der Waals surface area contributed by atoms with Gasteiger partial charge in [0.15, 0.2) is 0 Å². The molecule has 0 saturated carbocycles. The lowest BCUT2D eigenvalue weighted by Crippen LogP contribution is -2.13. The smallest absolute Gasteiger partial charge is 0.123 e. The molecule has 0 fully saturated rings. The average molecular weight is 271 g/mol. The van der Waals surface area contributed by atoms with Crippen LogP contribution >= 0.6 is 15.9 Å². The molecule has 1 aliphatic rings. The second-order valence-electron chi connectivity index (χ2n) is 4.64. The first-order chi connectivity index (χ1) is 6.97. The highest BCUT2D eigenvalue weighted by Gasteiger charge is 2.39. The van der Waals surface area contributed by atoms with E-state index in [-0.39, 0.29) is 11.5 Å². The SMILES string of the molecule is COc1ccc(Br)c2c1C(C)(C)CC2O. The Morgan fingerprint density at radius 2 is 2.13 bits per heavy atom.